The molecule has 0 saturated carbocycles. The van der Waals surface area contributed by atoms with Gasteiger partial charge in [0, 0.05) is 25.5 Å². The van der Waals surface area contributed by atoms with Crippen molar-refractivity contribution in [1.29, 1.82) is 0 Å². The van der Waals surface area contributed by atoms with Gasteiger partial charge in [0.2, 0.25) is 5.91 Å². The van der Waals surface area contributed by atoms with Crippen LogP contribution in [0.2, 0.25) is 0 Å². The van der Waals surface area contributed by atoms with Crippen LogP contribution >= 0.6 is 11.8 Å². The topological polar surface area (TPSA) is 77.6 Å². The van der Waals surface area contributed by atoms with Crippen molar-refractivity contribution in [2.45, 2.75) is 31.5 Å². The van der Waals surface area contributed by atoms with Crippen LogP contribution in [0.25, 0.3) is 5.69 Å². The monoisotopic (exact) mass is 370 g/mol. The summed E-state index contributed by atoms with van der Waals surface area (Å²) in [5, 5.41) is 11.8. The predicted molar refractivity (Wildman–Crippen MR) is 101 cm³/mol. The first kappa shape index (κ1) is 18.2. The van der Waals surface area contributed by atoms with Gasteiger partial charge in [-0.3, -0.25) is 9.36 Å². The number of aryl methyl sites for hydroxylation is 2. The number of hydrogen-bond acceptors (Lipinski definition) is 5. The highest BCUT2D eigenvalue weighted by Crippen LogP contribution is 2.22. The number of nitrogens with one attached hydrogen (secondary N) is 1. The summed E-state index contributed by atoms with van der Waals surface area (Å²) in [5.74, 6) is 0.317. The largest absolute Gasteiger partial charge is 0.355 e. The van der Waals surface area contributed by atoms with Crippen LogP contribution in [-0.2, 0) is 17.8 Å². The quantitative estimate of drug-likeness (QED) is 0.462. The molecule has 0 unspecified atom stereocenters. The number of benzene rings is 1. The number of rotatable bonds is 9. The molecule has 0 aliphatic carbocycles. The normalized spacial score (nSPS) is 10.8. The first-order valence-corrected chi connectivity index (χ1v) is 9.60. The summed E-state index contributed by atoms with van der Waals surface area (Å²) in [6, 6.07) is 8.16. The van der Waals surface area contributed by atoms with E-state index in [1.807, 2.05) is 33.5 Å². The fourth-order valence-corrected chi connectivity index (χ4v) is 3.37. The molecule has 2 aromatic heterocycles. The summed E-state index contributed by atoms with van der Waals surface area (Å²) in [6.45, 7) is 3.60. The number of para-hydroxylation sites is 1. The second-order valence-electron chi connectivity index (χ2n) is 5.76. The van der Waals surface area contributed by atoms with Crippen LogP contribution in [0.4, 0.5) is 0 Å². The van der Waals surface area contributed by atoms with Crippen molar-refractivity contribution in [1.82, 2.24) is 29.6 Å². The van der Waals surface area contributed by atoms with E-state index in [2.05, 4.69) is 33.5 Å². The number of imidazole rings is 1. The number of thioether (sulfide) groups is 1. The summed E-state index contributed by atoms with van der Waals surface area (Å²) in [7, 11) is 0. The van der Waals surface area contributed by atoms with Gasteiger partial charge >= 0.3 is 0 Å². The number of aromatic nitrogens is 5. The SMILES string of the molecule is CCc1ccccc1-n1cnnc1SCC(=O)NCCCn1ccnc1. The summed E-state index contributed by atoms with van der Waals surface area (Å²) >= 11 is 1.39. The Balaban J connectivity index is 1.49. The summed E-state index contributed by atoms with van der Waals surface area (Å²) in [6.07, 6.45) is 8.93. The smallest absolute Gasteiger partial charge is 0.230 e. The van der Waals surface area contributed by atoms with E-state index in [4.69, 9.17) is 0 Å². The minimum atomic E-state index is -0.000965. The van der Waals surface area contributed by atoms with Gasteiger partial charge < -0.3 is 9.88 Å². The van der Waals surface area contributed by atoms with Crippen LogP contribution in [0.1, 0.15) is 18.9 Å². The van der Waals surface area contributed by atoms with Crippen molar-refractivity contribution < 1.29 is 4.79 Å². The van der Waals surface area contributed by atoms with Crippen molar-refractivity contribution in [3.05, 3.63) is 54.9 Å². The minimum Gasteiger partial charge on any atom is -0.355 e. The Morgan fingerprint density at radius 2 is 2.15 bits per heavy atom. The van der Waals surface area contributed by atoms with Crippen molar-refractivity contribution in [2.75, 3.05) is 12.3 Å². The molecular weight excluding hydrogens is 348 g/mol. The summed E-state index contributed by atoms with van der Waals surface area (Å²) in [5.41, 5.74) is 2.28. The molecule has 0 saturated heterocycles. The van der Waals surface area contributed by atoms with E-state index in [1.54, 1.807) is 18.9 Å². The maximum absolute atomic E-state index is 12.1. The molecule has 3 rings (SSSR count). The highest BCUT2D eigenvalue weighted by atomic mass is 32.2. The highest BCUT2D eigenvalue weighted by Gasteiger charge is 2.11. The molecule has 7 nitrogen and oxygen atoms in total. The molecule has 8 heteroatoms. The second kappa shape index (κ2) is 9.19. The molecule has 3 aromatic rings. The van der Waals surface area contributed by atoms with E-state index in [0.29, 0.717) is 12.3 Å². The maximum Gasteiger partial charge on any atom is 0.230 e. The lowest BCUT2D eigenvalue weighted by Gasteiger charge is -2.10. The number of carbonyl (C=O) groups is 1. The molecule has 0 spiro atoms. The van der Waals surface area contributed by atoms with Crippen LogP contribution in [0, 0.1) is 0 Å². The van der Waals surface area contributed by atoms with Gasteiger partial charge in [0.1, 0.15) is 6.33 Å². The molecule has 136 valence electrons. The lowest BCUT2D eigenvalue weighted by Crippen LogP contribution is -2.27. The fraction of sp³-hybridized carbons (Fsp3) is 0.333. The van der Waals surface area contributed by atoms with Crippen molar-refractivity contribution >= 4 is 17.7 Å². The lowest BCUT2D eigenvalue weighted by molar-refractivity contribution is -0.118. The van der Waals surface area contributed by atoms with Crippen LogP contribution in [-0.4, -0.2) is 42.5 Å². The van der Waals surface area contributed by atoms with E-state index in [9.17, 15) is 4.79 Å². The summed E-state index contributed by atoms with van der Waals surface area (Å²) < 4.78 is 3.93. The number of amides is 1. The van der Waals surface area contributed by atoms with Crippen LogP contribution in [0.3, 0.4) is 0 Å². The lowest BCUT2D eigenvalue weighted by atomic mass is 10.1. The molecule has 0 atom stereocenters. The van der Waals surface area contributed by atoms with E-state index < -0.39 is 0 Å². The van der Waals surface area contributed by atoms with Gasteiger partial charge in [-0.2, -0.15) is 0 Å². The van der Waals surface area contributed by atoms with Gasteiger partial charge in [-0.05, 0) is 24.5 Å². The maximum atomic E-state index is 12.1. The van der Waals surface area contributed by atoms with E-state index in [0.717, 1.165) is 30.2 Å². The zero-order valence-corrected chi connectivity index (χ0v) is 15.5. The molecule has 1 aromatic carbocycles. The number of nitrogens with zero attached hydrogens (tertiary/aromatic N) is 5. The van der Waals surface area contributed by atoms with Crippen LogP contribution in [0.5, 0.6) is 0 Å². The van der Waals surface area contributed by atoms with Crippen molar-refractivity contribution in [3.8, 4) is 5.69 Å². The molecule has 0 aliphatic rings. The van der Waals surface area contributed by atoms with E-state index in [-0.39, 0.29) is 5.91 Å². The molecule has 1 amide bonds. The van der Waals surface area contributed by atoms with Gasteiger partial charge in [0.25, 0.3) is 0 Å². The Hall–Kier alpha value is -2.61. The first-order valence-electron chi connectivity index (χ1n) is 8.61. The summed E-state index contributed by atoms with van der Waals surface area (Å²) in [4.78, 5) is 16.1. The van der Waals surface area contributed by atoms with Gasteiger partial charge in [0.15, 0.2) is 5.16 Å². The van der Waals surface area contributed by atoms with Crippen molar-refractivity contribution in [3.63, 3.8) is 0 Å². The van der Waals surface area contributed by atoms with Gasteiger partial charge in [0.05, 0.1) is 17.8 Å². The Kier molecular flexibility index (Phi) is 6.43. The molecule has 2 heterocycles. The third-order valence-electron chi connectivity index (χ3n) is 3.96. The first-order chi connectivity index (χ1) is 12.8. The van der Waals surface area contributed by atoms with Crippen LogP contribution < -0.4 is 5.32 Å². The average molecular weight is 370 g/mol. The van der Waals surface area contributed by atoms with E-state index in [1.165, 1.54) is 17.3 Å². The molecule has 0 bridgehead atoms. The van der Waals surface area contributed by atoms with Gasteiger partial charge in [-0.1, -0.05) is 36.9 Å². The number of carbonyl (C=O) groups excluding carboxylic acids is 1. The van der Waals surface area contributed by atoms with Crippen molar-refractivity contribution in [2.24, 2.45) is 0 Å². The Morgan fingerprint density at radius 1 is 1.27 bits per heavy atom. The third kappa shape index (κ3) is 4.72. The zero-order chi connectivity index (χ0) is 18.2. The third-order valence-corrected chi connectivity index (χ3v) is 4.90. The molecule has 1 N–H and O–H groups in total. The molecule has 0 aliphatic heterocycles. The van der Waals surface area contributed by atoms with Gasteiger partial charge in [-0.15, -0.1) is 10.2 Å². The Bertz CT molecular complexity index is 830. The molecule has 0 radical (unpaired) electrons. The molecule has 0 fully saturated rings. The average Bonchev–Trinajstić information content (AvgIpc) is 3.35. The molecular formula is C18H22N6OS. The highest BCUT2D eigenvalue weighted by molar-refractivity contribution is 7.99. The second-order valence-corrected chi connectivity index (χ2v) is 6.70. The predicted octanol–water partition coefficient (Wildman–Crippen LogP) is 2.32. The fourth-order valence-electron chi connectivity index (χ4n) is 2.62. The van der Waals surface area contributed by atoms with E-state index >= 15 is 0 Å². The Morgan fingerprint density at radius 3 is 2.96 bits per heavy atom. The number of hydrogen-bond donors (Lipinski definition) is 1. The molecule has 26 heavy (non-hydrogen) atoms. The van der Waals surface area contributed by atoms with Crippen LogP contribution in [0.15, 0.2) is 54.5 Å². The standard InChI is InChI=1S/C18H22N6OS/c1-2-15-6-3-4-7-16(15)24-14-21-22-18(24)26-12-17(25)20-8-5-10-23-11-9-19-13-23/h3-4,6-7,9,11,13-14H,2,5,8,10,12H2,1H3,(H,20,25). The zero-order valence-electron chi connectivity index (χ0n) is 14.7. The van der Waals surface area contributed by atoms with Gasteiger partial charge in [-0.25, -0.2) is 4.98 Å². The Labute approximate surface area is 156 Å². The minimum absolute atomic E-state index is 0.000965.